The quantitative estimate of drug-likeness (QED) is 0.513. The number of benzene rings is 2. The molecule has 0 bridgehead atoms. The molecule has 0 amide bonds. The lowest BCUT2D eigenvalue weighted by molar-refractivity contribution is 0.306. The maximum absolute atomic E-state index is 6.06. The average Bonchev–Trinajstić information content (AvgIpc) is 3.16. The van der Waals surface area contributed by atoms with E-state index in [-0.39, 0.29) is 6.04 Å². The number of rotatable bonds is 5. The highest BCUT2D eigenvalue weighted by Crippen LogP contribution is 2.34. The molecule has 2 aromatic heterocycles. The lowest BCUT2D eigenvalue weighted by Gasteiger charge is -2.24. The zero-order valence-electron chi connectivity index (χ0n) is 16.6. The van der Waals surface area contributed by atoms with Crippen LogP contribution in [0.2, 0.25) is 0 Å². The van der Waals surface area contributed by atoms with E-state index in [0.717, 1.165) is 36.3 Å². The van der Waals surface area contributed by atoms with E-state index in [0.29, 0.717) is 6.61 Å². The summed E-state index contributed by atoms with van der Waals surface area (Å²) in [6.07, 6.45) is 4.00. The number of H-pyrrole nitrogens is 1. The Bertz CT molecular complexity index is 1120. The minimum Gasteiger partial charge on any atom is -0.489 e. The number of pyridine rings is 1. The van der Waals surface area contributed by atoms with Gasteiger partial charge >= 0.3 is 0 Å². The molecule has 0 fully saturated rings. The van der Waals surface area contributed by atoms with Crippen molar-refractivity contribution in [1.82, 2.24) is 15.3 Å². The van der Waals surface area contributed by atoms with Gasteiger partial charge in [0.05, 0.1) is 11.7 Å². The topological polar surface area (TPSA) is 49.9 Å². The van der Waals surface area contributed by atoms with E-state index in [1.807, 2.05) is 30.5 Å². The molecule has 0 aliphatic carbocycles. The first-order valence-corrected chi connectivity index (χ1v) is 10.3. The van der Waals surface area contributed by atoms with E-state index in [2.05, 4.69) is 53.6 Å². The normalized spacial score (nSPS) is 16.0. The number of fused-ring (bicyclic) bond motifs is 3. The highest BCUT2D eigenvalue weighted by atomic mass is 16.5. The summed E-state index contributed by atoms with van der Waals surface area (Å²) in [4.78, 5) is 8.35. The lowest BCUT2D eigenvalue weighted by atomic mass is 9.96. The second-order valence-corrected chi connectivity index (χ2v) is 7.58. The summed E-state index contributed by atoms with van der Waals surface area (Å²) >= 11 is 0. The number of ether oxygens (including phenoxy) is 1. The Kier molecular flexibility index (Phi) is 4.78. The fraction of sp³-hybridized carbons (Fsp3) is 0.240. The first kappa shape index (κ1) is 18.0. The van der Waals surface area contributed by atoms with Crippen LogP contribution < -0.4 is 10.1 Å². The van der Waals surface area contributed by atoms with E-state index < -0.39 is 0 Å². The van der Waals surface area contributed by atoms with Crippen LogP contribution in [0, 0.1) is 0 Å². The maximum atomic E-state index is 6.06. The van der Waals surface area contributed by atoms with E-state index >= 15 is 0 Å². The predicted octanol–water partition coefficient (Wildman–Crippen LogP) is 4.94. The molecular weight excluding hydrogens is 358 g/mol. The summed E-state index contributed by atoms with van der Waals surface area (Å²) in [6.45, 7) is 3.68. The number of aromatic nitrogens is 2. The van der Waals surface area contributed by atoms with Gasteiger partial charge in [-0.1, -0.05) is 43.3 Å². The van der Waals surface area contributed by atoms with Gasteiger partial charge in [-0.15, -0.1) is 0 Å². The number of hydrogen-bond acceptors (Lipinski definition) is 3. The molecule has 1 unspecified atom stereocenters. The van der Waals surface area contributed by atoms with Crippen molar-refractivity contribution < 1.29 is 4.74 Å². The molecule has 1 aliphatic rings. The lowest BCUT2D eigenvalue weighted by Crippen LogP contribution is -2.31. The molecule has 5 rings (SSSR count). The van der Waals surface area contributed by atoms with Crippen LogP contribution in [0.4, 0.5) is 0 Å². The van der Waals surface area contributed by atoms with Gasteiger partial charge in [0.25, 0.3) is 0 Å². The first-order chi connectivity index (χ1) is 14.3. The van der Waals surface area contributed by atoms with Gasteiger partial charge in [0, 0.05) is 29.3 Å². The van der Waals surface area contributed by atoms with Crippen molar-refractivity contribution in [3.8, 4) is 5.75 Å². The third kappa shape index (κ3) is 3.52. The molecule has 4 heteroatoms. The summed E-state index contributed by atoms with van der Waals surface area (Å²) in [5.41, 5.74) is 7.26. The number of aromatic amines is 1. The summed E-state index contributed by atoms with van der Waals surface area (Å²) in [5, 5.41) is 4.88. The average molecular weight is 383 g/mol. The van der Waals surface area contributed by atoms with Gasteiger partial charge in [-0.25, -0.2) is 0 Å². The number of aryl methyl sites for hydroxylation is 1. The first-order valence-electron chi connectivity index (χ1n) is 10.3. The van der Waals surface area contributed by atoms with Crippen LogP contribution in [-0.2, 0) is 19.4 Å². The molecule has 2 N–H and O–H groups in total. The largest absolute Gasteiger partial charge is 0.489 e. The van der Waals surface area contributed by atoms with Crippen LogP contribution in [0.5, 0.6) is 5.75 Å². The third-order valence-electron chi connectivity index (χ3n) is 5.72. The fourth-order valence-corrected chi connectivity index (χ4v) is 4.11. The van der Waals surface area contributed by atoms with E-state index in [4.69, 9.17) is 9.72 Å². The van der Waals surface area contributed by atoms with Gasteiger partial charge in [0.15, 0.2) is 0 Å². The molecule has 0 saturated carbocycles. The Balaban J connectivity index is 1.45. The fourth-order valence-electron chi connectivity index (χ4n) is 4.11. The van der Waals surface area contributed by atoms with Crippen LogP contribution in [0.15, 0.2) is 66.9 Å². The van der Waals surface area contributed by atoms with Crippen LogP contribution in [0.25, 0.3) is 10.9 Å². The summed E-state index contributed by atoms with van der Waals surface area (Å²) < 4.78 is 6.06. The predicted molar refractivity (Wildman–Crippen MR) is 116 cm³/mol. The van der Waals surface area contributed by atoms with Gasteiger partial charge in [-0.2, -0.15) is 0 Å². The van der Waals surface area contributed by atoms with Crippen molar-refractivity contribution in [2.45, 2.75) is 32.4 Å². The van der Waals surface area contributed by atoms with Gasteiger partial charge in [0.2, 0.25) is 0 Å². The van der Waals surface area contributed by atoms with Gasteiger partial charge in [0.1, 0.15) is 12.4 Å². The molecule has 0 spiro atoms. The number of hydrogen-bond donors (Lipinski definition) is 2. The zero-order chi connectivity index (χ0) is 19.6. The standard InChI is InChI=1S/C25H25N3O/c1-2-17-8-10-23(27-15-17)25-24-20(12-13-26-25)21-14-19(9-11-22(21)28-24)29-16-18-6-4-3-5-7-18/h3-11,14-15,25-26,28H,2,12-13,16H2,1H3. The minimum atomic E-state index is 0.103. The molecule has 1 atom stereocenters. The molecule has 2 aromatic carbocycles. The monoisotopic (exact) mass is 383 g/mol. The van der Waals surface area contributed by atoms with Crippen molar-refractivity contribution in [2.75, 3.05) is 6.54 Å². The van der Waals surface area contributed by atoms with Gasteiger partial charge in [-0.05, 0) is 53.8 Å². The van der Waals surface area contributed by atoms with E-state index in [9.17, 15) is 0 Å². The third-order valence-corrected chi connectivity index (χ3v) is 5.72. The Hall–Kier alpha value is -3.11. The van der Waals surface area contributed by atoms with Crippen LogP contribution in [0.3, 0.4) is 0 Å². The molecule has 29 heavy (non-hydrogen) atoms. The van der Waals surface area contributed by atoms with Crippen LogP contribution in [-0.4, -0.2) is 16.5 Å². The number of nitrogens with zero attached hydrogens (tertiary/aromatic N) is 1. The minimum absolute atomic E-state index is 0.103. The molecule has 4 aromatic rings. The Morgan fingerprint density at radius 3 is 2.72 bits per heavy atom. The van der Waals surface area contributed by atoms with Crippen LogP contribution >= 0.6 is 0 Å². The molecule has 3 heterocycles. The molecule has 146 valence electrons. The summed E-state index contributed by atoms with van der Waals surface area (Å²) in [5.74, 6) is 0.906. The van der Waals surface area contributed by atoms with Crippen molar-refractivity contribution in [3.63, 3.8) is 0 Å². The SMILES string of the molecule is CCc1ccc(C2NCCc3c2[nH]c2ccc(OCc4ccccc4)cc32)nc1. The zero-order valence-corrected chi connectivity index (χ0v) is 16.6. The van der Waals surface area contributed by atoms with Crippen molar-refractivity contribution in [2.24, 2.45) is 0 Å². The van der Waals surface area contributed by atoms with Crippen LogP contribution in [0.1, 0.15) is 41.0 Å². The van der Waals surface area contributed by atoms with Crippen molar-refractivity contribution in [3.05, 3.63) is 94.9 Å². The highest BCUT2D eigenvalue weighted by Gasteiger charge is 2.26. The Morgan fingerprint density at radius 2 is 1.93 bits per heavy atom. The molecule has 4 nitrogen and oxygen atoms in total. The second kappa shape index (κ2) is 7.72. The van der Waals surface area contributed by atoms with Gasteiger partial charge in [-0.3, -0.25) is 4.98 Å². The van der Waals surface area contributed by atoms with E-state index in [1.54, 1.807) is 0 Å². The van der Waals surface area contributed by atoms with E-state index in [1.165, 1.54) is 27.8 Å². The maximum Gasteiger partial charge on any atom is 0.120 e. The second-order valence-electron chi connectivity index (χ2n) is 7.58. The molecular formula is C25H25N3O. The summed E-state index contributed by atoms with van der Waals surface area (Å²) in [7, 11) is 0. The molecule has 0 radical (unpaired) electrons. The molecule has 1 aliphatic heterocycles. The summed E-state index contributed by atoms with van der Waals surface area (Å²) in [6, 6.07) is 21.0. The highest BCUT2D eigenvalue weighted by molar-refractivity contribution is 5.86. The molecule has 0 saturated heterocycles. The van der Waals surface area contributed by atoms with Gasteiger partial charge < -0.3 is 15.0 Å². The van der Waals surface area contributed by atoms with Crippen molar-refractivity contribution >= 4 is 10.9 Å². The van der Waals surface area contributed by atoms with Crippen molar-refractivity contribution in [1.29, 1.82) is 0 Å². The Morgan fingerprint density at radius 1 is 1.03 bits per heavy atom. The Labute approximate surface area is 171 Å². The number of nitrogens with one attached hydrogen (secondary N) is 2. The smallest absolute Gasteiger partial charge is 0.120 e.